The largest absolute Gasteiger partial charge is 0.441 e. The number of aryl methyl sites for hydroxylation is 2. The van der Waals surface area contributed by atoms with Crippen molar-refractivity contribution in [1.29, 1.82) is 0 Å². The summed E-state index contributed by atoms with van der Waals surface area (Å²) >= 11 is 10.6. The van der Waals surface area contributed by atoms with Crippen LogP contribution in [0.5, 0.6) is 0 Å². The molecule has 2 unspecified atom stereocenters. The van der Waals surface area contributed by atoms with Gasteiger partial charge in [0.1, 0.15) is 11.5 Å². The number of carbonyl (C=O) groups excluding carboxylic acids is 4. The average molecular weight is 523 g/mol. The van der Waals surface area contributed by atoms with Crippen molar-refractivity contribution in [2.24, 2.45) is 5.92 Å². The molecule has 2 saturated heterocycles. The van der Waals surface area contributed by atoms with Gasteiger partial charge in [-0.15, -0.1) is 0 Å². The quantitative estimate of drug-likeness (QED) is 0.273. The highest BCUT2D eigenvalue weighted by molar-refractivity contribution is 7.80. The van der Waals surface area contributed by atoms with Crippen LogP contribution in [0.4, 0.5) is 11.4 Å². The van der Waals surface area contributed by atoms with Gasteiger partial charge in [0.25, 0.3) is 11.8 Å². The predicted molar refractivity (Wildman–Crippen MR) is 141 cm³/mol. The first-order valence-corrected chi connectivity index (χ1v) is 11.7. The second-order valence-electron chi connectivity index (χ2n) is 8.33. The zero-order chi connectivity index (χ0) is 26.1. The monoisotopic (exact) mass is 522 g/mol. The standard InChI is InChI=1S/C25H22N4O5S2/c1-13-4-8-16(9-5-13)28-22(32)18(20(31)26-24(28)35)12-19-21(34-15(3)30)27-25(36)29(23(19)33)17-10-6-14(2)7-11-17/h4-12,19,21H,1-3H3,(H,27,36)(H,26,31,35)/b18-12-. The van der Waals surface area contributed by atoms with Crippen molar-refractivity contribution in [1.82, 2.24) is 10.6 Å². The van der Waals surface area contributed by atoms with Gasteiger partial charge < -0.3 is 10.1 Å². The van der Waals surface area contributed by atoms with E-state index in [9.17, 15) is 19.2 Å². The number of ether oxygens (including phenoxy) is 1. The molecule has 2 aromatic carbocycles. The Hall–Kier alpha value is -3.96. The Balaban J connectivity index is 1.75. The number of benzene rings is 2. The van der Waals surface area contributed by atoms with Gasteiger partial charge in [-0.05, 0) is 68.6 Å². The lowest BCUT2D eigenvalue weighted by Crippen LogP contribution is -2.61. The van der Waals surface area contributed by atoms with Gasteiger partial charge in [0.2, 0.25) is 5.91 Å². The van der Waals surface area contributed by atoms with Crippen LogP contribution in [0.3, 0.4) is 0 Å². The number of hydrogen-bond acceptors (Lipinski definition) is 7. The van der Waals surface area contributed by atoms with Gasteiger partial charge >= 0.3 is 5.97 Å². The number of nitrogens with zero attached hydrogens (tertiary/aromatic N) is 2. The van der Waals surface area contributed by atoms with Gasteiger partial charge in [-0.1, -0.05) is 35.4 Å². The van der Waals surface area contributed by atoms with Crippen LogP contribution < -0.4 is 20.4 Å². The molecular weight excluding hydrogens is 500 g/mol. The Bertz CT molecular complexity index is 1320. The Morgan fingerprint density at radius 3 is 1.94 bits per heavy atom. The van der Waals surface area contributed by atoms with Crippen molar-refractivity contribution < 1.29 is 23.9 Å². The molecule has 0 spiro atoms. The van der Waals surface area contributed by atoms with Gasteiger partial charge in [-0.2, -0.15) is 0 Å². The van der Waals surface area contributed by atoms with Crippen LogP contribution in [0.2, 0.25) is 0 Å². The Kier molecular flexibility index (Phi) is 6.95. The van der Waals surface area contributed by atoms with Crippen molar-refractivity contribution >= 4 is 69.7 Å². The van der Waals surface area contributed by atoms with Crippen molar-refractivity contribution in [3.63, 3.8) is 0 Å². The van der Waals surface area contributed by atoms with E-state index in [-0.39, 0.29) is 15.8 Å². The van der Waals surface area contributed by atoms with Crippen LogP contribution in [0.15, 0.2) is 60.2 Å². The van der Waals surface area contributed by atoms with Crippen molar-refractivity contribution in [3.8, 4) is 0 Å². The number of nitrogens with one attached hydrogen (secondary N) is 2. The predicted octanol–water partition coefficient (Wildman–Crippen LogP) is 2.40. The summed E-state index contributed by atoms with van der Waals surface area (Å²) in [5, 5.41) is 5.26. The molecule has 2 heterocycles. The highest BCUT2D eigenvalue weighted by Crippen LogP contribution is 2.28. The third kappa shape index (κ3) is 4.88. The summed E-state index contributed by atoms with van der Waals surface area (Å²) in [5.74, 6) is -3.96. The molecule has 3 amide bonds. The van der Waals surface area contributed by atoms with Crippen LogP contribution in [0.25, 0.3) is 0 Å². The SMILES string of the molecule is CC(=O)OC1NC(=S)N(c2ccc(C)cc2)C(=O)C1/C=C1/C(=O)NC(=S)N(c2ccc(C)cc2)C1=O. The van der Waals surface area contributed by atoms with Crippen LogP contribution in [0.1, 0.15) is 18.1 Å². The van der Waals surface area contributed by atoms with E-state index in [2.05, 4.69) is 10.6 Å². The lowest BCUT2D eigenvalue weighted by Gasteiger charge is -2.38. The van der Waals surface area contributed by atoms with E-state index < -0.39 is 35.8 Å². The molecule has 0 saturated carbocycles. The minimum atomic E-state index is -1.24. The number of amides is 3. The van der Waals surface area contributed by atoms with Crippen LogP contribution in [-0.2, 0) is 23.9 Å². The molecule has 2 atom stereocenters. The molecule has 11 heteroatoms. The molecule has 0 bridgehead atoms. The lowest BCUT2D eigenvalue weighted by molar-refractivity contribution is -0.151. The fraction of sp³-hybridized carbons (Fsp3) is 0.200. The van der Waals surface area contributed by atoms with Gasteiger partial charge in [0, 0.05) is 6.92 Å². The maximum absolute atomic E-state index is 13.6. The van der Waals surface area contributed by atoms with Crippen molar-refractivity contribution in [3.05, 3.63) is 71.3 Å². The number of thiocarbonyl (C=S) groups is 2. The molecule has 9 nitrogen and oxygen atoms in total. The maximum atomic E-state index is 13.6. The molecule has 0 aliphatic carbocycles. The zero-order valence-electron chi connectivity index (χ0n) is 19.6. The summed E-state index contributed by atoms with van der Waals surface area (Å²) in [6.07, 6.45) is -0.0361. The molecule has 2 N–H and O–H groups in total. The minimum Gasteiger partial charge on any atom is -0.441 e. The molecule has 36 heavy (non-hydrogen) atoms. The Morgan fingerprint density at radius 2 is 1.42 bits per heavy atom. The van der Waals surface area contributed by atoms with Gasteiger partial charge in [-0.3, -0.25) is 34.3 Å². The number of hydrogen-bond donors (Lipinski definition) is 2. The first kappa shape index (κ1) is 25.1. The fourth-order valence-electron chi connectivity index (χ4n) is 3.82. The van der Waals surface area contributed by atoms with E-state index in [1.54, 1.807) is 36.4 Å². The van der Waals surface area contributed by atoms with E-state index in [0.717, 1.165) is 11.1 Å². The summed E-state index contributed by atoms with van der Waals surface area (Å²) in [6.45, 7) is 4.98. The third-order valence-electron chi connectivity index (χ3n) is 5.63. The molecule has 0 radical (unpaired) electrons. The third-order valence-corrected chi connectivity index (χ3v) is 6.21. The number of esters is 1. The highest BCUT2D eigenvalue weighted by Gasteiger charge is 2.43. The topological polar surface area (TPSA) is 108 Å². The molecule has 2 aromatic rings. The summed E-state index contributed by atoms with van der Waals surface area (Å²) in [4.78, 5) is 54.1. The lowest BCUT2D eigenvalue weighted by atomic mass is 9.97. The molecule has 2 aliphatic heterocycles. The fourth-order valence-corrected chi connectivity index (χ4v) is 4.41. The van der Waals surface area contributed by atoms with Crippen molar-refractivity contribution in [2.75, 3.05) is 9.80 Å². The average Bonchev–Trinajstić information content (AvgIpc) is 2.80. The van der Waals surface area contributed by atoms with E-state index in [1.165, 1.54) is 22.8 Å². The summed E-state index contributed by atoms with van der Waals surface area (Å²) in [6, 6.07) is 14.1. The molecule has 2 aliphatic rings. The summed E-state index contributed by atoms with van der Waals surface area (Å²) in [5.41, 5.74) is 2.57. The second kappa shape index (κ2) is 9.96. The smallest absolute Gasteiger partial charge is 0.304 e. The first-order chi connectivity index (χ1) is 17.1. The number of carbonyl (C=O) groups is 4. The van der Waals surface area contributed by atoms with Gasteiger partial charge in [-0.25, -0.2) is 0 Å². The summed E-state index contributed by atoms with van der Waals surface area (Å²) < 4.78 is 5.29. The Labute approximate surface area is 218 Å². The maximum Gasteiger partial charge on any atom is 0.304 e. The second-order valence-corrected chi connectivity index (χ2v) is 9.10. The first-order valence-electron chi connectivity index (χ1n) is 10.9. The zero-order valence-corrected chi connectivity index (χ0v) is 21.2. The van der Waals surface area contributed by atoms with Crippen LogP contribution >= 0.6 is 24.4 Å². The molecule has 0 aromatic heterocycles. The number of anilines is 2. The normalized spacial score (nSPS) is 21.4. The molecule has 2 fully saturated rings. The Morgan fingerprint density at radius 1 is 0.889 bits per heavy atom. The van der Waals surface area contributed by atoms with E-state index >= 15 is 0 Å². The highest BCUT2D eigenvalue weighted by atomic mass is 32.1. The van der Waals surface area contributed by atoms with Crippen molar-refractivity contribution in [2.45, 2.75) is 27.0 Å². The summed E-state index contributed by atoms with van der Waals surface area (Å²) in [7, 11) is 0. The van der Waals surface area contributed by atoms with E-state index in [0.29, 0.717) is 11.4 Å². The molecular formula is C25H22N4O5S2. The van der Waals surface area contributed by atoms with E-state index in [4.69, 9.17) is 29.2 Å². The van der Waals surface area contributed by atoms with Crippen LogP contribution in [0, 0.1) is 19.8 Å². The minimum absolute atomic E-state index is 0.0200. The number of rotatable bonds is 4. The van der Waals surface area contributed by atoms with Gasteiger partial charge in [0.05, 0.1) is 11.4 Å². The molecule has 4 rings (SSSR count). The molecule has 184 valence electrons. The van der Waals surface area contributed by atoms with Crippen LogP contribution in [-0.4, -0.2) is 40.1 Å². The van der Waals surface area contributed by atoms with Gasteiger partial charge in [0.15, 0.2) is 16.5 Å². The van der Waals surface area contributed by atoms with E-state index in [1.807, 2.05) is 26.0 Å².